The van der Waals surface area contributed by atoms with E-state index in [0.717, 1.165) is 0 Å². The van der Waals surface area contributed by atoms with Gasteiger partial charge >= 0.3 is 0 Å². The van der Waals surface area contributed by atoms with Crippen LogP contribution in [0.1, 0.15) is 31.1 Å². The normalized spacial score (nSPS) is 11.0. The maximum Gasteiger partial charge on any atom is 0.116 e. The SMILES string of the molecule is CCCCCc1cc2cc(O)ccc2s1. The zero-order valence-corrected chi connectivity index (χ0v) is 9.81. The standard InChI is InChI=1S/C13H16OS/c1-2-3-4-5-12-9-10-8-11(14)6-7-13(10)15-12/h6-9,14H,2-5H2,1H3. The predicted octanol–water partition coefficient (Wildman–Crippen LogP) is 4.34. The molecule has 0 radical (unpaired) electrons. The minimum absolute atomic E-state index is 0.361. The second kappa shape index (κ2) is 4.67. The molecule has 1 nitrogen and oxygen atoms in total. The Morgan fingerprint density at radius 1 is 1.20 bits per heavy atom. The molecule has 0 saturated heterocycles. The summed E-state index contributed by atoms with van der Waals surface area (Å²) in [5.41, 5.74) is 0. The van der Waals surface area contributed by atoms with Gasteiger partial charge in [0.05, 0.1) is 0 Å². The van der Waals surface area contributed by atoms with Crippen molar-refractivity contribution in [1.29, 1.82) is 0 Å². The van der Waals surface area contributed by atoms with E-state index in [-0.39, 0.29) is 0 Å². The molecule has 1 aromatic carbocycles. The van der Waals surface area contributed by atoms with Crippen LogP contribution in [0.2, 0.25) is 0 Å². The van der Waals surface area contributed by atoms with E-state index in [1.807, 2.05) is 23.5 Å². The topological polar surface area (TPSA) is 20.2 Å². The van der Waals surface area contributed by atoms with E-state index in [2.05, 4.69) is 13.0 Å². The van der Waals surface area contributed by atoms with Gasteiger partial charge in [0, 0.05) is 9.58 Å². The van der Waals surface area contributed by atoms with Gasteiger partial charge in [-0.2, -0.15) is 0 Å². The van der Waals surface area contributed by atoms with Crippen LogP contribution in [0.4, 0.5) is 0 Å². The Kier molecular flexibility index (Phi) is 3.27. The number of hydrogen-bond acceptors (Lipinski definition) is 2. The first-order valence-electron chi connectivity index (χ1n) is 5.51. The van der Waals surface area contributed by atoms with Crippen LogP contribution in [-0.2, 0) is 6.42 Å². The van der Waals surface area contributed by atoms with E-state index < -0.39 is 0 Å². The predicted molar refractivity (Wildman–Crippen MR) is 66.7 cm³/mol. The first-order valence-corrected chi connectivity index (χ1v) is 6.32. The number of phenols is 1. The molecule has 1 aromatic heterocycles. The van der Waals surface area contributed by atoms with E-state index in [1.54, 1.807) is 6.07 Å². The van der Waals surface area contributed by atoms with Gasteiger partial charge in [-0.25, -0.2) is 0 Å². The first-order chi connectivity index (χ1) is 7.29. The molecule has 0 amide bonds. The summed E-state index contributed by atoms with van der Waals surface area (Å²) >= 11 is 1.85. The van der Waals surface area contributed by atoms with Gasteiger partial charge in [0.1, 0.15) is 5.75 Å². The lowest BCUT2D eigenvalue weighted by molar-refractivity contribution is 0.476. The highest BCUT2D eigenvalue weighted by molar-refractivity contribution is 7.19. The Bertz CT molecular complexity index is 445. The summed E-state index contributed by atoms with van der Waals surface area (Å²) in [6, 6.07) is 7.80. The second-order valence-corrected chi connectivity index (χ2v) is 5.06. The molecule has 0 spiro atoms. The van der Waals surface area contributed by atoms with Crippen LogP contribution >= 0.6 is 11.3 Å². The quantitative estimate of drug-likeness (QED) is 0.760. The summed E-state index contributed by atoms with van der Waals surface area (Å²) in [5, 5.41) is 10.5. The summed E-state index contributed by atoms with van der Waals surface area (Å²) in [5.74, 6) is 0.361. The summed E-state index contributed by atoms with van der Waals surface area (Å²) in [6.07, 6.45) is 5.02. The van der Waals surface area contributed by atoms with Crippen molar-refractivity contribution in [2.24, 2.45) is 0 Å². The number of unbranched alkanes of at least 4 members (excludes halogenated alkanes) is 2. The van der Waals surface area contributed by atoms with Crippen molar-refractivity contribution < 1.29 is 5.11 Å². The third-order valence-electron chi connectivity index (χ3n) is 2.58. The maximum absolute atomic E-state index is 9.36. The summed E-state index contributed by atoms with van der Waals surface area (Å²) in [4.78, 5) is 1.43. The van der Waals surface area contributed by atoms with Crippen molar-refractivity contribution >= 4 is 21.4 Å². The molecule has 0 atom stereocenters. The van der Waals surface area contributed by atoms with Crippen molar-refractivity contribution in [3.63, 3.8) is 0 Å². The van der Waals surface area contributed by atoms with Gasteiger partial charge in [-0.05, 0) is 42.5 Å². The van der Waals surface area contributed by atoms with Crippen LogP contribution in [0.3, 0.4) is 0 Å². The maximum atomic E-state index is 9.36. The molecule has 0 fully saturated rings. The van der Waals surface area contributed by atoms with Gasteiger partial charge in [0.2, 0.25) is 0 Å². The number of fused-ring (bicyclic) bond motifs is 1. The number of benzene rings is 1. The molecule has 0 aliphatic rings. The smallest absolute Gasteiger partial charge is 0.116 e. The molecule has 15 heavy (non-hydrogen) atoms. The highest BCUT2D eigenvalue weighted by Crippen LogP contribution is 2.29. The third-order valence-corrected chi connectivity index (χ3v) is 3.75. The molecular weight excluding hydrogens is 204 g/mol. The molecular formula is C13H16OS. The lowest BCUT2D eigenvalue weighted by Gasteiger charge is -1.93. The lowest BCUT2D eigenvalue weighted by Crippen LogP contribution is -1.78. The molecule has 2 heteroatoms. The Morgan fingerprint density at radius 3 is 2.87 bits per heavy atom. The fraction of sp³-hybridized carbons (Fsp3) is 0.385. The van der Waals surface area contributed by atoms with Gasteiger partial charge < -0.3 is 5.11 Å². The monoisotopic (exact) mass is 220 g/mol. The summed E-state index contributed by atoms with van der Waals surface area (Å²) in [7, 11) is 0. The second-order valence-electron chi connectivity index (χ2n) is 3.89. The first kappa shape index (κ1) is 10.5. The molecule has 2 aromatic rings. The van der Waals surface area contributed by atoms with Crippen LogP contribution in [0.15, 0.2) is 24.3 Å². The number of thiophene rings is 1. The van der Waals surface area contributed by atoms with Crippen LogP contribution in [0.25, 0.3) is 10.1 Å². The highest BCUT2D eigenvalue weighted by Gasteiger charge is 2.02. The van der Waals surface area contributed by atoms with Crippen molar-refractivity contribution in [2.75, 3.05) is 0 Å². The fourth-order valence-corrected chi connectivity index (χ4v) is 2.84. The Morgan fingerprint density at radius 2 is 2.07 bits per heavy atom. The van der Waals surface area contributed by atoms with Gasteiger partial charge in [0.25, 0.3) is 0 Å². The summed E-state index contributed by atoms with van der Waals surface area (Å²) in [6.45, 7) is 2.23. The number of rotatable bonds is 4. The van der Waals surface area contributed by atoms with Crippen molar-refractivity contribution in [3.05, 3.63) is 29.1 Å². The molecule has 80 valence electrons. The average molecular weight is 220 g/mol. The van der Waals surface area contributed by atoms with E-state index in [1.165, 1.54) is 40.6 Å². The minimum atomic E-state index is 0.361. The molecule has 1 heterocycles. The molecule has 0 unspecified atom stereocenters. The lowest BCUT2D eigenvalue weighted by atomic mass is 10.1. The Labute approximate surface area is 94.4 Å². The van der Waals surface area contributed by atoms with Gasteiger partial charge in [0.15, 0.2) is 0 Å². The number of phenolic OH excluding ortho intramolecular Hbond substituents is 1. The van der Waals surface area contributed by atoms with Gasteiger partial charge in [-0.3, -0.25) is 0 Å². The Hall–Kier alpha value is -1.02. The van der Waals surface area contributed by atoms with Crippen LogP contribution in [0.5, 0.6) is 5.75 Å². The average Bonchev–Trinajstić information content (AvgIpc) is 2.60. The van der Waals surface area contributed by atoms with Gasteiger partial charge in [-0.1, -0.05) is 19.8 Å². The van der Waals surface area contributed by atoms with E-state index in [4.69, 9.17) is 0 Å². The molecule has 0 aliphatic heterocycles. The van der Waals surface area contributed by atoms with E-state index in [0.29, 0.717) is 5.75 Å². The van der Waals surface area contributed by atoms with Crippen LogP contribution < -0.4 is 0 Å². The molecule has 0 aliphatic carbocycles. The van der Waals surface area contributed by atoms with Crippen LogP contribution in [0, 0.1) is 0 Å². The van der Waals surface area contributed by atoms with Crippen molar-refractivity contribution in [3.8, 4) is 5.75 Å². The summed E-state index contributed by atoms with van der Waals surface area (Å²) < 4.78 is 1.28. The van der Waals surface area contributed by atoms with E-state index in [9.17, 15) is 5.11 Å². The minimum Gasteiger partial charge on any atom is -0.508 e. The molecule has 0 bridgehead atoms. The molecule has 0 saturated carbocycles. The third kappa shape index (κ3) is 2.51. The zero-order valence-electron chi connectivity index (χ0n) is 8.99. The Balaban J connectivity index is 2.16. The zero-order chi connectivity index (χ0) is 10.7. The van der Waals surface area contributed by atoms with E-state index >= 15 is 0 Å². The van der Waals surface area contributed by atoms with Crippen molar-refractivity contribution in [1.82, 2.24) is 0 Å². The largest absolute Gasteiger partial charge is 0.508 e. The van der Waals surface area contributed by atoms with Gasteiger partial charge in [-0.15, -0.1) is 11.3 Å². The number of hydrogen-bond donors (Lipinski definition) is 1. The molecule has 2 rings (SSSR count). The fourth-order valence-electron chi connectivity index (χ4n) is 1.76. The number of aromatic hydroxyl groups is 1. The molecule has 1 N–H and O–H groups in total. The van der Waals surface area contributed by atoms with Crippen LogP contribution in [-0.4, -0.2) is 5.11 Å². The highest BCUT2D eigenvalue weighted by atomic mass is 32.1. The number of aryl methyl sites for hydroxylation is 1. The van der Waals surface area contributed by atoms with Crippen molar-refractivity contribution in [2.45, 2.75) is 32.6 Å².